The number of Topliss-reactive ketones (excluding diaryl/α,β-unsaturated/α-hetero) is 1. The Bertz CT molecular complexity index is 1220. The Balaban J connectivity index is 1.93. The molecule has 0 fully saturated rings. The van der Waals surface area contributed by atoms with Gasteiger partial charge in [-0.2, -0.15) is 5.26 Å². The SMILES string of the molecule is CCc1ccc(OCC(=O)c2c(C)c(C#N)c(=O)n(Cc3ccc(OC)cc3)c2O)cc1. The van der Waals surface area contributed by atoms with Crippen molar-refractivity contribution in [3.05, 3.63) is 86.7 Å². The van der Waals surface area contributed by atoms with Crippen LogP contribution in [0.25, 0.3) is 0 Å². The summed E-state index contributed by atoms with van der Waals surface area (Å²) < 4.78 is 11.7. The molecular formula is C25H24N2O5. The highest BCUT2D eigenvalue weighted by atomic mass is 16.5. The van der Waals surface area contributed by atoms with Crippen LogP contribution in [0.1, 0.15) is 39.5 Å². The Morgan fingerprint density at radius 2 is 1.66 bits per heavy atom. The molecule has 0 atom stereocenters. The number of aromatic nitrogens is 1. The summed E-state index contributed by atoms with van der Waals surface area (Å²) in [6.07, 6.45) is 0.888. The van der Waals surface area contributed by atoms with Crippen molar-refractivity contribution in [2.24, 2.45) is 0 Å². The molecule has 0 aliphatic carbocycles. The number of pyridine rings is 1. The van der Waals surface area contributed by atoms with Gasteiger partial charge in [0.05, 0.1) is 19.2 Å². The minimum absolute atomic E-state index is 0.0107. The molecule has 0 bridgehead atoms. The highest BCUT2D eigenvalue weighted by Crippen LogP contribution is 2.24. The fourth-order valence-electron chi connectivity index (χ4n) is 3.39. The van der Waals surface area contributed by atoms with E-state index in [1.165, 1.54) is 6.92 Å². The minimum Gasteiger partial charge on any atom is -0.497 e. The molecule has 0 radical (unpaired) electrons. The van der Waals surface area contributed by atoms with Gasteiger partial charge in [0.25, 0.3) is 5.56 Å². The lowest BCUT2D eigenvalue weighted by atomic mass is 10.0. The number of benzene rings is 2. The molecule has 2 aromatic carbocycles. The summed E-state index contributed by atoms with van der Waals surface area (Å²) in [7, 11) is 1.54. The first kappa shape index (κ1) is 22.6. The Hall–Kier alpha value is -4.05. The van der Waals surface area contributed by atoms with Gasteiger partial charge in [-0.15, -0.1) is 0 Å². The second-order valence-corrected chi connectivity index (χ2v) is 7.26. The maximum atomic E-state index is 12.9. The number of hydrogen-bond acceptors (Lipinski definition) is 6. The second-order valence-electron chi connectivity index (χ2n) is 7.26. The lowest BCUT2D eigenvalue weighted by Crippen LogP contribution is -2.28. The number of nitrogens with zero attached hydrogens (tertiary/aromatic N) is 2. The van der Waals surface area contributed by atoms with E-state index in [0.29, 0.717) is 17.1 Å². The smallest absolute Gasteiger partial charge is 0.271 e. The van der Waals surface area contributed by atoms with Crippen LogP contribution in [0.15, 0.2) is 53.3 Å². The molecule has 32 heavy (non-hydrogen) atoms. The molecule has 3 aromatic rings. The Morgan fingerprint density at radius 3 is 2.22 bits per heavy atom. The minimum atomic E-state index is -0.661. The molecule has 0 unspecified atom stereocenters. The molecule has 0 saturated carbocycles. The van der Waals surface area contributed by atoms with Gasteiger partial charge < -0.3 is 14.6 Å². The van der Waals surface area contributed by atoms with Gasteiger partial charge in [0, 0.05) is 0 Å². The van der Waals surface area contributed by atoms with Gasteiger partial charge in [-0.05, 0) is 54.3 Å². The summed E-state index contributed by atoms with van der Waals surface area (Å²) in [6, 6.07) is 16.1. The van der Waals surface area contributed by atoms with E-state index in [-0.39, 0.29) is 29.8 Å². The van der Waals surface area contributed by atoms with Crippen LogP contribution >= 0.6 is 0 Å². The molecule has 0 aliphatic rings. The number of carbonyl (C=O) groups excluding carboxylic acids is 1. The van der Waals surface area contributed by atoms with Gasteiger partial charge in [0.2, 0.25) is 11.7 Å². The van der Waals surface area contributed by atoms with Crippen LogP contribution < -0.4 is 15.0 Å². The van der Waals surface area contributed by atoms with Gasteiger partial charge >= 0.3 is 0 Å². The molecule has 1 heterocycles. The lowest BCUT2D eigenvalue weighted by Gasteiger charge is -2.16. The molecular weight excluding hydrogens is 408 g/mol. The zero-order valence-electron chi connectivity index (χ0n) is 18.2. The topological polar surface area (TPSA) is 102 Å². The molecule has 0 amide bonds. The van der Waals surface area contributed by atoms with E-state index >= 15 is 0 Å². The maximum absolute atomic E-state index is 12.9. The predicted octanol–water partition coefficient (Wildman–Crippen LogP) is 3.62. The van der Waals surface area contributed by atoms with Crippen molar-refractivity contribution < 1.29 is 19.4 Å². The third-order valence-electron chi connectivity index (χ3n) is 5.28. The average Bonchev–Trinajstić information content (AvgIpc) is 2.81. The number of ketones is 1. The number of methoxy groups -OCH3 is 1. The van der Waals surface area contributed by atoms with Crippen molar-refractivity contribution in [3.8, 4) is 23.4 Å². The molecule has 0 saturated heterocycles. The molecule has 0 aliphatic heterocycles. The maximum Gasteiger partial charge on any atom is 0.271 e. The molecule has 164 valence electrons. The van der Waals surface area contributed by atoms with E-state index < -0.39 is 17.2 Å². The molecule has 1 N–H and O–H groups in total. The van der Waals surface area contributed by atoms with Crippen molar-refractivity contribution in [1.82, 2.24) is 4.57 Å². The highest BCUT2D eigenvalue weighted by Gasteiger charge is 2.24. The van der Waals surface area contributed by atoms with E-state index in [0.717, 1.165) is 16.6 Å². The van der Waals surface area contributed by atoms with Crippen LogP contribution in [0, 0.1) is 18.3 Å². The van der Waals surface area contributed by atoms with Gasteiger partial charge in [0.1, 0.15) is 23.1 Å². The van der Waals surface area contributed by atoms with Crippen molar-refractivity contribution in [2.75, 3.05) is 13.7 Å². The van der Waals surface area contributed by atoms with Crippen LogP contribution in [0.2, 0.25) is 0 Å². The predicted molar refractivity (Wildman–Crippen MR) is 120 cm³/mol. The first-order valence-corrected chi connectivity index (χ1v) is 10.1. The molecule has 0 spiro atoms. The largest absolute Gasteiger partial charge is 0.497 e. The number of carbonyl (C=O) groups is 1. The number of aryl methyl sites for hydroxylation is 1. The Morgan fingerprint density at radius 1 is 1.06 bits per heavy atom. The Labute approximate surface area is 186 Å². The van der Waals surface area contributed by atoms with E-state index in [2.05, 4.69) is 0 Å². The molecule has 1 aromatic heterocycles. The summed E-state index contributed by atoms with van der Waals surface area (Å²) >= 11 is 0. The zero-order chi connectivity index (χ0) is 23.3. The van der Waals surface area contributed by atoms with Crippen LogP contribution in [-0.2, 0) is 13.0 Å². The van der Waals surface area contributed by atoms with Crippen molar-refractivity contribution in [3.63, 3.8) is 0 Å². The number of aromatic hydroxyl groups is 1. The summed E-state index contributed by atoms with van der Waals surface area (Å²) in [5.41, 5.74) is 1.02. The first-order valence-electron chi connectivity index (χ1n) is 10.1. The van der Waals surface area contributed by atoms with Crippen molar-refractivity contribution in [2.45, 2.75) is 26.8 Å². The fourth-order valence-corrected chi connectivity index (χ4v) is 3.39. The molecule has 3 rings (SSSR count). The number of hydrogen-bond donors (Lipinski definition) is 1. The molecule has 7 nitrogen and oxygen atoms in total. The summed E-state index contributed by atoms with van der Waals surface area (Å²) in [5.74, 6) is 0.142. The monoisotopic (exact) mass is 432 g/mol. The third-order valence-corrected chi connectivity index (χ3v) is 5.28. The van der Waals surface area contributed by atoms with Crippen molar-refractivity contribution >= 4 is 5.78 Å². The standard InChI is InChI=1S/C25H24N2O5/c1-4-17-5-11-20(12-6-17)32-15-22(28)23-16(2)21(13-26)24(29)27(25(23)30)14-18-7-9-19(31-3)10-8-18/h5-12,30H,4,14-15H2,1-3H3. The van der Waals surface area contributed by atoms with E-state index in [1.807, 2.05) is 25.1 Å². The normalized spacial score (nSPS) is 10.4. The number of rotatable bonds is 8. The van der Waals surface area contributed by atoms with E-state index in [1.54, 1.807) is 43.5 Å². The first-order chi connectivity index (χ1) is 15.4. The van der Waals surface area contributed by atoms with Gasteiger partial charge in [0.15, 0.2) is 6.61 Å². The van der Waals surface area contributed by atoms with Gasteiger partial charge in [-0.1, -0.05) is 31.2 Å². The van der Waals surface area contributed by atoms with Crippen LogP contribution in [0.4, 0.5) is 0 Å². The number of nitriles is 1. The summed E-state index contributed by atoms with van der Waals surface area (Å²) in [4.78, 5) is 25.7. The van der Waals surface area contributed by atoms with E-state index in [4.69, 9.17) is 9.47 Å². The summed E-state index contributed by atoms with van der Waals surface area (Å²) in [6.45, 7) is 3.16. The number of ether oxygens (including phenoxy) is 2. The zero-order valence-corrected chi connectivity index (χ0v) is 18.2. The van der Waals surface area contributed by atoms with Crippen LogP contribution in [0.3, 0.4) is 0 Å². The fraction of sp³-hybridized carbons (Fsp3) is 0.240. The molecule has 7 heteroatoms. The lowest BCUT2D eigenvalue weighted by molar-refractivity contribution is 0.0916. The second kappa shape index (κ2) is 9.84. The Kier molecular flexibility index (Phi) is 6.96. The average molecular weight is 432 g/mol. The van der Waals surface area contributed by atoms with Crippen LogP contribution in [0.5, 0.6) is 17.4 Å². The van der Waals surface area contributed by atoms with E-state index in [9.17, 15) is 20.0 Å². The van der Waals surface area contributed by atoms with Crippen LogP contribution in [-0.4, -0.2) is 29.2 Å². The van der Waals surface area contributed by atoms with Crippen molar-refractivity contribution in [1.29, 1.82) is 5.26 Å². The van der Waals surface area contributed by atoms with Gasteiger partial charge in [-0.3, -0.25) is 14.2 Å². The quantitative estimate of drug-likeness (QED) is 0.546. The summed E-state index contributed by atoms with van der Waals surface area (Å²) in [5, 5.41) is 20.3. The highest BCUT2D eigenvalue weighted by molar-refractivity contribution is 6.01. The van der Waals surface area contributed by atoms with Gasteiger partial charge in [-0.25, -0.2) is 0 Å². The third kappa shape index (κ3) is 4.65.